The predicted molar refractivity (Wildman–Crippen MR) is 81.1 cm³/mol. The van der Waals surface area contributed by atoms with Crippen LogP contribution in [-0.4, -0.2) is 42.1 Å². The lowest BCUT2D eigenvalue weighted by Gasteiger charge is -2.19. The van der Waals surface area contributed by atoms with E-state index in [1.165, 1.54) is 25.7 Å². The zero-order valence-corrected chi connectivity index (χ0v) is 12.7. The molecule has 1 aliphatic rings. The second-order valence-corrected chi connectivity index (χ2v) is 5.79. The van der Waals surface area contributed by atoms with Crippen LogP contribution >= 0.6 is 12.2 Å². The number of ether oxygens (including phenoxy) is 1. The first-order valence-corrected chi connectivity index (χ1v) is 7.64. The van der Waals surface area contributed by atoms with Crippen molar-refractivity contribution in [2.45, 2.75) is 57.5 Å². The Morgan fingerprint density at radius 2 is 1.89 bits per heavy atom. The smallest absolute Gasteiger partial charge is 0.224 e. The van der Waals surface area contributed by atoms with E-state index in [2.05, 4.69) is 0 Å². The number of nitrogens with two attached hydrogens (primary N) is 1. The molecule has 1 rings (SSSR count). The summed E-state index contributed by atoms with van der Waals surface area (Å²) in [5.74, 6) is 0.102. The fraction of sp³-hybridized carbons (Fsp3) is 0.857. The summed E-state index contributed by atoms with van der Waals surface area (Å²) >= 11 is 4.80. The Morgan fingerprint density at radius 1 is 1.26 bits per heavy atom. The molecule has 5 heteroatoms. The van der Waals surface area contributed by atoms with Gasteiger partial charge >= 0.3 is 0 Å². The maximum atomic E-state index is 11.8. The van der Waals surface area contributed by atoms with Crippen LogP contribution in [0.15, 0.2) is 0 Å². The molecule has 1 aliphatic carbocycles. The Morgan fingerprint density at radius 3 is 2.47 bits per heavy atom. The van der Waals surface area contributed by atoms with Gasteiger partial charge in [0.15, 0.2) is 0 Å². The van der Waals surface area contributed by atoms with Gasteiger partial charge in [0, 0.05) is 20.0 Å². The second kappa shape index (κ2) is 9.26. The highest BCUT2D eigenvalue weighted by atomic mass is 32.1. The standard InChI is InChI=1S/C14H26N2O2S/c1-16(10-8-13(15)19)14(17)9-11-18-12-6-4-2-3-5-7-12/h12H,2-11H2,1H3,(H2,15,19). The molecule has 1 fully saturated rings. The lowest BCUT2D eigenvalue weighted by molar-refractivity contribution is -0.131. The third-order valence-electron chi connectivity index (χ3n) is 3.59. The molecular formula is C14H26N2O2S. The van der Waals surface area contributed by atoms with Crippen LogP contribution in [0.5, 0.6) is 0 Å². The molecule has 0 aromatic heterocycles. The summed E-state index contributed by atoms with van der Waals surface area (Å²) in [5, 5.41) is 0. The number of hydrogen-bond acceptors (Lipinski definition) is 3. The molecule has 0 radical (unpaired) electrons. The highest BCUT2D eigenvalue weighted by Crippen LogP contribution is 2.19. The molecule has 0 spiro atoms. The largest absolute Gasteiger partial charge is 0.393 e. The van der Waals surface area contributed by atoms with Crippen LogP contribution in [0.1, 0.15) is 51.4 Å². The van der Waals surface area contributed by atoms with Gasteiger partial charge < -0.3 is 15.4 Å². The third kappa shape index (κ3) is 7.47. The van der Waals surface area contributed by atoms with E-state index in [1.807, 2.05) is 0 Å². The van der Waals surface area contributed by atoms with Crippen molar-refractivity contribution in [2.75, 3.05) is 20.2 Å². The molecule has 0 saturated heterocycles. The summed E-state index contributed by atoms with van der Waals surface area (Å²) in [7, 11) is 1.78. The number of carbonyl (C=O) groups excluding carboxylic acids is 1. The Hall–Kier alpha value is -0.680. The summed E-state index contributed by atoms with van der Waals surface area (Å²) in [5.41, 5.74) is 5.42. The zero-order chi connectivity index (χ0) is 14.1. The number of carbonyl (C=O) groups is 1. The van der Waals surface area contributed by atoms with Crippen molar-refractivity contribution >= 4 is 23.1 Å². The summed E-state index contributed by atoms with van der Waals surface area (Å²) in [6.45, 7) is 1.12. The summed E-state index contributed by atoms with van der Waals surface area (Å²) in [6.07, 6.45) is 8.83. The van der Waals surface area contributed by atoms with E-state index in [0.29, 0.717) is 37.1 Å². The molecule has 1 amide bonds. The fourth-order valence-corrected chi connectivity index (χ4v) is 2.41. The van der Waals surface area contributed by atoms with Gasteiger partial charge in [0.2, 0.25) is 5.91 Å². The monoisotopic (exact) mass is 286 g/mol. The maximum absolute atomic E-state index is 11.8. The van der Waals surface area contributed by atoms with Crippen molar-refractivity contribution < 1.29 is 9.53 Å². The molecule has 0 unspecified atom stereocenters. The van der Waals surface area contributed by atoms with Gasteiger partial charge in [-0.2, -0.15) is 0 Å². The lowest BCUT2D eigenvalue weighted by atomic mass is 10.1. The molecule has 0 heterocycles. The van der Waals surface area contributed by atoms with Crippen molar-refractivity contribution in [1.29, 1.82) is 0 Å². The second-order valence-electron chi connectivity index (χ2n) is 5.27. The Bertz CT molecular complexity index is 289. The van der Waals surface area contributed by atoms with Crippen molar-refractivity contribution in [1.82, 2.24) is 4.90 Å². The maximum Gasteiger partial charge on any atom is 0.224 e. The first kappa shape index (κ1) is 16.4. The van der Waals surface area contributed by atoms with Crippen LogP contribution in [0.2, 0.25) is 0 Å². The van der Waals surface area contributed by atoms with Gasteiger partial charge in [-0.15, -0.1) is 0 Å². The predicted octanol–water partition coefficient (Wildman–Crippen LogP) is 2.25. The average molecular weight is 286 g/mol. The number of rotatable bonds is 7. The average Bonchev–Trinajstić information content (AvgIpc) is 2.64. The highest BCUT2D eigenvalue weighted by Gasteiger charge is 2.14. The zero-order valence-electron chi connectivity index (χ0n) is 11.9. The van der Waals surface area contributed by atoms with Crippen LogP contribution < -0.4 is 5.73 Å². The Labute approximate surface area is 121 Å². The first-order chi connectivity index (χ1) is 9.09. The highest BCUT2D eigenvalue weighted by molar-refractivity contribution is 7.80. The molecule has 0 atom stereocenters. The van der Waals surface area contributed by atoms with Crippen LogP contribution in [-0.2, 0) is 9.53 Å². The van der Waals surface area contributed by atoms with Crippen LogP contribution in [0.4, 0.5) is 0 Å². The van der Waals surface area contributed by atoms with E-state index in [4.69, 9.17) is 22.7 Å². The van der Waals surface area contributed by atoms with E-state index < -0.39 is 0 Å². The van der Waals surface area contributed by atoms with Crippen LogP contribution in [0.25, 0.3) is 0 Å². The van der Waals surface area contributed by atoms with E-state index in [0.717, 1.165) is 12.8 Å². The molecule has 0 aromatic carbocycles. The molecule has 0 aliphatic heterocycles. The van der Waals surface area contributed by atoms with Crippen molar-refractivity contribution in [2.24, 2.45) is 5.73 Å². The molecule has 2 N–H and O–H groups in total. The molecule has 0 aromatic rings. The van der Waals surface area contributed by atoms with Gasteiger partial charge in [0.05, 0.1) is 24.1 Å². The van der Waals surface area contributed by atoms with E-state index in [-0.39, 0.29) is 5.91 Å². The molecule has 110 valence electrons. The van der Waals surface area contributed by atoms with E-state index >= 15 is 0 Å². The van der Waals surface area contributed by atoms with Gasteiger partial charge in [0.1, 0.15) is 0 Å². The topological polar surface area (TPSA) is 55.6 Å². The summed E-state index contributed by atoms with van der Waals surface area (Å²) < 4.78 is 5.81. The number of hydrogen-bond donors (Lipinski definition) is 1. The van der Waals surface area contributed by atoms with Gasteiger partial charge in [0.25, 0.3) is 0 Å². The van der Waals surface area contributed by atoms with Crippen LogP contribution in [0.3, 0.4) is 0 Å². The molecule has 0 bridgehead atoms. The van der Waals surface area contributed by atoms with Gasteiger partial charge in [-0.3, -0.25) is 4.79 Å². The fourth-order valence-electron chi connectivity index (χ4n) is 2.31. The lowest BCUT2D eigenvalue weighted by Crippen LogP contribution is -2.31. The normalized spacial score (nSPS) is 16.9. The minimum absolute atomic E-state index is 0.102. The quantitative estimate of drug-likeness (QED) is 0.576. The molecule has 1 saturated carbocycles. The minimum Gasteiger partial charge on any atom is -0.393 e. The van der Waals surface area contributed by atoms with Crippen molar-refractivity contribution in [3.63, 3.8) is 0 Å². The third-order valence-corrected chi connectivity index (χ3v) is 3.80. The van der Waals surface area contributed by atoms with E-state index in [1.54, 1.807) is 11.9 Å². The van der Waals surface area contributed by atoms with Gasteiger partial charge in [-0.1, -0.05) is 37.9 Å². The van der Waals surface area contributed by atoms with Crippen LogP contribution in [0, 0.1) is 0 Å². The minimum atomic E-state index is 0.102. The Kier molecular flexibility index (Phi) is 7.98. The van der Waals surface area contributed by atoms with Crippen molar-refractivity contribution in [3.8, 4) is 0 Å². The van der Waals surface area contributed by atoms with Crippen molar-refractivity contribution in [3.05, 3.63) is 0 Å². The summed E-state index contributed by atoms with van der Waals surface area (Å²) in [4.78, 5) is 14.0. The van der Waals surface area contributed by atoms with E-state index in [9.17, 15) is 4.79 Å². The Balaban J connectivity index is 2.13. The molecule has 19 heavy (non-hydrogen) atoms. The van der Waals surface area contributed by atoms with Gasteiger partial charge in [-0.05, 0) is 12.8 Å². The summed E-state index contributed by atoms with van der Waals surface area (Å²) in [6, 6.07) is 0. The SMILES string of the molecule is CN(CCC(N)=S)C(=O)CCOC1CCCCCC1. The van der Waals surface area contributed by atoms with Gasteiger partial charge in [-0.25, -0.2) is 0 Å². The number of amides is 1. The number of thiocarbonyl (C=S) groups is 1. The molecular weight excluding hydrogens is 260 g/mol. The number of nitrogens with zero attached hydrogens (tertiary/aromatic N) is 1. The molecule has 4 nitrogen and oxygen atoms in total. The first-order valence-electron chi connectivity index (χ1n) is 7.23.